The van der Waals surface area contributed by atoms with E-state index >= 15 is 0 Å². The molecule has 0 aliphatic carbocycles. The van der Waals surface area contributed by atoms with Crippen molar-refractivity contribution in [1.29, 1.82) is 5.26 Å². The molecule has 0 aliphatic rings. The highest BCUT2D eigenvalue weighted by molar-refractivity contribution is 6.09. The molecule has 0 bridgehead atoms. The van der Waals surface area contributed by atoms with Crippen LogP contribution >= 0.6 is 0 Å². The molecule has 0 saturated heterocycles. The fourth-order valence-corrected chi connectivity index (χ4v) is 2.20. The largest absolute Gasteiger partial charge is 0.465 e. The Bertz CT molecular complexity index is 855. The molecule has 6 heteroatoms. The lowest BCUT2D eigenvalue weighted by Crippen LogP contribution is -2.13. The van der Waals surface area contributed by atoms with Gasteiger partial charge >= 0.3 is 5.97 Å². The van der Waals surface area contributed by atoms with Crippen LogP contribution in [0.5, 0.6) is 0 Å². The van der Waals surface area contributed by atoms with E-state index in [1.165, 1.54) is 19.3 Å². The maximum absolute atomic E-state index is 12.2. The predicted octanol–water partition coefficient (Wildman–Crippen LogP) is 3.48. The Kier molecular flexibility index (Phi) is 5.75. The fourth-order valence-electron chi connectivity index (χ4n) is 2.20. The quantitative estimate of drug-likeness (QED) is 0.512. The minimum Gasteiger partial charge on any atom is -0.465 e. The third kappa shape index (κ3) is 4.36. The summed E-state index contributed by atoms with van der Waals surface area (Å²) >= 11 is 0. The minimum absolute atomic E-state index is 0.135. The number of furan rings is 1. The number of nitriles is 1. The maximum Gasteiger partial charge on any atom is 0.341 e. The Hall–Kier alpha value is -3.33. The lowest BCUT2D eigenvalue weighted by atomic mass is 10.1. The zero-order chi connectivity index (χ0) is 18.4. The summed E-state index contributed by atoms with van der Waals surface area (Å²) in [5.74, 6) is -0.517. The molecule has 1 amide bonds. The number of methoxy groups -OCH3 is 1. The average molecular weight is 338 g/mol. The molecule has 25 heavy (non-hydrogen) atoms. The first kappa shape index (κ1) is 18.0. The third-order valence-electron chi connectivity index (χ3n) is 3.61. The van der Waals surface area contributed by atoms with Crippen molar-refractivity contribution in [3.05, 3.63) is 58.6 Å². The molecular formula is C19H18N2O4. The Morgan fingerprint density at radius 3 is 2.56 bits per heavy atom. The molecule has 2 aromatic rings. The average Bonchev–Trinajstić information content (AvgIpc) is 2.99. The number of rotatable bonds is 5. The number of carbonyl (C=O) groups excluding carboxylic acids is 2. The van der Waals surface area contributed by atoms with Crippen molar-refractivity contribution in [3.8, 4) is 6.07 Å². The minimum atomic E-state index is -0.555. The van der Waals surface area contributed by atoms with Crippen LogP contribution in [0.25, 0.3) is 6.08 Å². The number of esters is 1. The predicted molar refractivity (Wildman–Crippen MR) is 92.8 cm³/mol. The molecule has 0 saturated carbocycles. The van der Waals surface area contributed by atoms with Gasteiger partial charge in [-0.3, -0.25) is 4.79 Å². The molecule has 0 radical (unpaired) electrons. The summed E-state index contributed by atoms with van der Waals surface area (Å²) in [6, 6.07) is 10.6. The number of nitrogens with one attached hydrogen (secondary N) is 1. The van der Waals surface area contributed by atoms with E-state index in [2.05, 4.69) is 10.1 Å². The summed E-state index contributed by atoms with van der Waals surface area (Å²) in [6.45, 7) is 3.64. The van der Waals surface area contributed by atoms with Crippen molar-refractivity contribution in [3.63, 3.8) is 0 Å². The van der Waals surface area contributed by atoms with E-state index in [1.54, 1.807) is 19.1 Å². The van der Waals surface area contributed by atoms with Gasteiger partial charge in [-0.25, -0.2) is 4.79 Å². The first-order chi connectivity index (χ1) is 12.0. The van der Waals surface area contributed by atoms with Crippen LogP contribution in [0.2, 0.25) is 0 Å². The summed E-state index contributed by atoms with van der Waals surface area (Å²) in [5.41, 5.74) is 1.86. The van der Waals surface area contributed by atoms with Gasteiger partial charge in [-0.05, 0) is 37.1 Å². The number of amides is 1. The van der Waals surface area contributed by atoms with Gasteiger partial charge in [0.05, 0.1) is 7.11 Å². The molecular weight excluding hydrogens is 320 g/mol. The number of carbonyl (C=O) groups is 2. The second kappa shape index (κ2) is 7.97. The van der Waals surface area contributed by atoms with E-state index in [-0.39, 0.29) is 16.9 Å². The maximum atomic E-state index is 12.2. The second-order valence-electron chi connectivity index (χ2n) is 5.28. The molecule has 2 rings (SSSR count). The van der Waals surface area contributed by atoms with Crippen LogP contribution in [0.4, 0.5) is 5.69 Å². The molecule has 1 aromatic heterocycles. The zero-order valence-electron chi connectivity index (χ0n) is 14.3. The van der Waals surface area contributed by atoms with Crippen molar-refractivity contribution in [2.45, 2.75) is 20.3 Å². The number of hydrogen-bond donors (Lipinski definition) is 1. The highest BCUT2D eigenvalue weighted by Crippen LogP contribution is 2.19. The summed E-state index contributed by atoms with van der Waals surface area (Å²) in [4.78, 5) is 23.8. The summed E-state index contributed by atoms with van der Waals surface area (Å²) in [7, 11) is 1.27. The van der Waals surface area contributed by atoms with Crippen molar-refractivity contribution in [2.75, 3.05) is 12.4 Å². The van der Waals surface area contributed by atoms with E-state index in [9.17, 15) is 14.9 Å². The normalized spacial score (nSPS) is 10.9. The van der Waals surface area contributed by atoms with Crippen LogP contribution in [-0.2, 0) is 16.0 Å². The number of nitrogens with zero attached hydrogens (tertiary/aromatic N) is 1. The molecule has 6 nitrogen and oxygen atoms in total. The van der Waals surface area contributed by atoms with Crippen molar-refractivity contribution in [2.24, 2.45) is 0 Å². The van der Waals surface area contributed by atoms with Crippen LogP contribution in [-0.4, -0.2) is 19.0 Å². The van der Waals surface area contributed by atoms with E-state index in [0.29, 0.717) is 11.4 Å². The summed E-state index contributed by atoms with van der Waals surface area (Å²) < 4.78 is 10.0. The summed E-state index contributed by atoms with van der Waals surface area (Å²) in [5, 5.41) is 11.9. The van der Waals surface area contributed by atoms with Gasteiger partial charge in [0, 0.05) is 11.8 Å². The van der Waals surface area contributed by atoms with Crippen LogP contribution in [0.3, 0.4) is 0 Å². The van der Waals surface area contributed by atoms with Crippen molar-refractivity contribution < 1.29 is 18.7 Å². The van der Waals surface area contributed by atoms with E-state index in [0.717, 1.165) is 12.0 Å². The van der Waals surface area contributed by atoms with Gasteiger partial charge in [0.15, 0.2) is 0 Å². The van der Waals surface area contributed by atoms with Gasteiger partial charge in [-0.1, -0.05) is 19.1 Å². The molecule has 1 N–H and O–H groups in total. The summed E-state index contributed by atoms with van der Waals surface area (Å²) in [6.07, 6.45) is 2.19. The van der Waals surface area contributed by atoms with Gasteiger partial charge < -0.3 is 14.5 Å². The lowest BCUT2D eigenvalue weighted by Gasteiger charge is -2.04. The van der Waals surface area contributed by atoms with Crippen LogP contribution in [0, 0.1) is 18.3 Å². The second-order valence-corrected chi connectivity index (χ2v) is 5.28. The standard InChI is InChI=1S/C19H18N2O4/c1-4-13-5-7-15(8-6-13)21-18(22)14(11-20)9-16-10-17(12(2)25-16)19(23)24-3/h5-10H,4H2,1-3H3,(H,21,22)/b14-9+. The fraction of sp³-hybridized carbons (Fsp3) is 0.211. The van der Waals surface area contributed by atoms with Crippen LogP contribution in [0.15, 0.2) is 40.3 Å². The number of hydrogen-bond acceptors (Lipinski definition) is 5. The van der Waals surface area contributed by atoms with E-state index in [4.69, 9.17) is 4.42 Å². The molecule has 0 unspecified atom stereocenters. The Balaban J connectivity index is 2.20. The number of anilines is 1. The lowest BCUT2D eigenvalue weighted by molar-refractivity contribution is -0.112. The van der Waals surface area contributed by atoms with Gasteiger partial charge in [0.1, 0.15) is 28.7 Å². The number of ether oxygens (including phenoxy) is 1. The number of benzene rings is 1. The van der Waals surface area contributed by atoms with Crippen LogP contribution < -0.4 is 5.32 Å². The van der Waals surface area contributed by atoms with E-state index in [1.807, 2.05) is 25.1 Å². The third-order valence-corrected chi connectivity index (χ3v) is 3.61. The SMILES string of the molecule is CCc1ccc(NC(=O)/C(C#N)=C/c2cc(C(=O)OC)c(C)o2)cc1. The smallest absolute Gasteiger partial charge is 0.341 e. The molecule has 0 aliphatic heterocycles. The zero-order valence-corrected chi connectivity index (χ0v) is 14.3. The Labute approximate surface area is 145 Å². The highest BCUT2D eigenvalue weighted by atomic mass is 16.5. The monoisotopic (exact) mass is 338 g/mol. The van der Waals surface area contributed by atoms with Crippen LogP contribution in [0.1, 0.15) is 34.4 Å². The molecule has 1 heterocycles. The molecule has 128 valence electrons. The molecule has 0 fully saturated rings. The Morgan fingerprint density at radius 1 is 1.32 bits per heavy atom. The van der Waals surface area contributed by atoms with Crippen molar-refractivity contribution in [1.82, 2.24) is 0 Å². The van der Waals surface area contributed by atoms with Gasteiger partial charge in [0.25, 0.3) is 5.91 Å². The van der Waals surface area contributed by atoms with Gasteiger partial charge in [0.2, 0.25) is 0 Å². The number of aryl methyl sites for hydroxylation is 2. The van der Waals surface area contributed by atoms with Gasteiger partial charge in [-0.2, -0.15) is 5.26 Å². The molecule has 1 aromatic carbocycles. The molecule has 0 atom stereocenters. The molecule has 0 spiro atoms. The topological polar surface area (TPSA) is 92.3 Å². The first-order valence-corrected chi connectivity index (χ1v) is 7.69. The Morgan fingerprint density at radius 2 is 2.00 bits per heavy atom. The van der Waals surface area contributed by atoms with E-state index < -0.39 is 11.9 Å². The highest BCUT2D eigenvalue weighted by Gasteiger charge is 2.16. The van der Waals surface area contributed by atoms with Crippen molar-refractivity contribution >= 4 is 23.6 Å². The van der Waals surface area contributed by atoms with Gasteiger partial charge in [-0.15, -0.1) is 0 Å². The first-order valence-electron chi connectivity index (χ1n) is 7.69.